The zero-order valence-corrected chi connectivity index (χ0v) is 17.3. The predicted octanol–water partition coefficient (Wildman–Crippen LogP) is 1.14. The maximum Gasteiger partial charge on any atom is 0.338 e. The Kier molecular flexibility index (Phi) is 7.10. The molecule has 0 atom stereocenters. The molecule has 2 N–H and O–H groups in total. The number of rotatable bonds is 6. The summed E-state index contributed by atoms with van der Waals surface area (Å²) in [6, 6.07) is 3.14. The van der Waals surface area contributed by atoms with Gasteiger partial charge in [0.25, 0.3) is 17.5 Å². The molecule has 1 aliphatic rings. The van der Waals surface area contributed by atoms with Crippen LogP contribution < -0.4 is 15.8 Å². The molecule has 0 radical (unpaired) electrons. The van der Waals surface area contributed by atoms with E-state index in [1.54, 1.807) is 12.3 Å². The summed E-state index contributed by atoms with van der Waals surface area (Å²) >= 11 is 1.29. The van der Waals surface area contributed by atoms with Crippen molar-refractivity contribution < 1.29 is 28.8 Å². The number of hydrogen-bond acceptors (Lipinski definition) is 10. The fourth-order valence-electron chi connectivity index (χ4n) is 2.70. The molecule has 2 heterocycles. The van der Waals surface area contributed by atoms with E-state index < -0.39 is 28.4 Å². The molecular weight excluding hydrogens is 430 g/mol. The van der Waals surface area contributed by atoms with Gasteiger partial charge in [-0.25, -0.2) is 9.78 Å². The standard InChI is InChI=1S/C18H19N5O7S/c1-2-30-17(26)12-7-11(8-13(9-12)23(27)28)15(24)20-21-16(25)14-10-31-18(19-14)22-3-5-29-6-4-22/h7-10H,2-6H2,1H3,(H,20,24)(H,21,25). The van der Waals surface area contributed by atoms with Crippen LogP contribution in [-0.4, -0.2) is 60.6 Å². The number of nitrogens with one attached hydrogen (secondary N) is 2. The largest absolute Gasteiger partial charge is 0.462 e. The highest BCUT2D eigenvalue weighted by Crippen LogP contribution is 2.21. The highest BCUT2D eigenvalue weighted by atomic mass is 32.1. The van der Waals surface area contributed by atoms with Gasteiger partial charge >= 0.3 is 5.97 Å². The molecular formula is C18H19N5O7S. The second-order valence-corrected chi connectivity index (χ2v) is 7.11. The molecule has 0 spiro atoms. The van der Waals surface area contributed by atoms with Crippen molar-refractivity contribution in [2.24, 2.45) is 0 Å². The first-order valence-electron chi connectivity index (χ1n) is 9.24. The van der Waals surface area contributed by atoms with Gasteiger partial charge in [0.2, 0.25) is 0 Å². The number of esters is 1. The Morgan fingerprint density at radius 3 is 2.55 bits per heavy atom. The molecule has 2 amide bonds. The van der Waals surface area contributed by atoms with E-state index in [9.17, 15) is 24.5 Å². The topological polar surface area (TPSA) is 153 Å². The Morgan fingerprint density at radius 2 is 1.87 bits per heavy atom. The highest BCUT2D eigenvalue weighted by Gasteiger charge is 2.21. The van der Waals surface area contributed by atoms with Crippen LogP contribution in [0.5, 0.6) is 0 Å². The van der Waals surface area contributed by atoms with Gasteiger partial charge in [-0.1, -0.05) is 0 Å². The van der Waals surface area contributed by atoms with Gasteiger partial charge in [0.1, 0.15) is 5.69 Å². The fraction of sp³-hybridized carbons (Fsp3) is 0.333. The Bertz CT molecular complexity index is 1000. The van der Waals surface area contributed by atoms with Crippen LogP contribution in [0.25, 0.3) is 0 Å². The Morgan fingerprint density at radius 1 is 1.19 bits per heavy atom. The van der Waals surface area contributed by atoms with E-state index in [-0.39, 0.29) is 23.4 Å². The summed E-state index contributed by atoms with van der Waals surface area (Å²) in [4.78, 5) is 53.3. The minimum Gasteiger partial charge on any atom is -0.462 e. The molecule has 12 nitrogen and oxygen atoms in total. The SMILES string of the molecule is CCOC(=O)c1cc(C(=O)NNC(=O)c2csc(N3CCOCC3)n2)cc([N+](=O)[O-])c1. The molecule has 164 valence electrons. The highest BCUT2D eigenvalue weighted by molar-refractivity contribution is 7.13. The van der Waals surface area contributed by atoms with Crippen molar-refractivity contribution in [1.82, 2.24) is 15.8 Å². The summed E-state index contributed by atoms with van der Waals surface area (Å²) in [5.41, 5.74) is 3.69. The number of amides is 2. The third-order valence-corrected chi connectivity index (χ3v) is 5.10. The monoisotopic (exact) mass is 449 g/mol. The van der Waals surface area contributed by atoms with Gasteiger partial charge in [-0.15, -0.1) is 11.3 Å². The third kappa shape index (κ3) is 5.52. The van der Waals surface area contributed by atoms with Crippen LogP contribution in [0.15, 0.2) is 23.6 Å². The minimum absolute atomic E-state index is 0.0686. The summed E-state index contributed by atoms with van der Waals surface area (Å²) in [6.45, 7) is 4.14. The first kappa shape index (κ1) is 22.1. The van der Waals surface area contributed by atoms with Crippen molar-refractivity contribution in [3.05, 3.63) is 50.5 Å². The van der Waals surface area contributed by atoms with Crippen LogP contribution in [0.4, 0.5) is 10.8 Å². The van der Waals surface area contributed by atoms with Gasteiger partial charge < -0.3 is 14.4 Å². The zero-order chi connectivity index (χ0) is 22.4. The second kappa shape index (κ2) is 9.95. The van der Waals surface area contributed by atoms with E-state index in [2.05, 4.69) is 15.8 Å². The minimum atomic E-state index is -0.841. The van der Waals surface area contributed by atoms with Crippen molar-refractivity contribution in [2.75, 3.05) is 37.8 Å². The number of nitro groups is 1. The number of morpholine rings is 1. The number of non-ortho nitro benzene ring substituents is 1. The smallest absolute Gasteiger partial charge is 0.338 e. The summed E-state index contributed by atoms with van der Waals surface area (Å²) in [7, 11) is 0. The second-order valence-electron chi connectivity index (χ2n) is 6.27. The fourth-order valence-corrected chi connectivity index (χ4v) is 3.56. The molecule has 1 saturated heterocycles. The van der Waals surface area contributed by atoms with Gasteiger partial charge in [0.15, 0.2) is 5.13 Å². The number of carbonyl (C=O) groups excluding carboxylic acids is 3. The van der Waals surface area contributed by atoms with E-state index in [0.29, 0.717) is 31.4 Å². The summed E-state index contributed by atoms with van der Waals surface area (Å²) < 4.78 is 10.1. The van der Waals surface area contributed by atoms with Crippen LogP contribution in [0.3, 0.4) is 0 Å². The lowest BCUT2D eigenvalue weighted by Gasteiger charge is -2.25. The quantitative estimate of drug-likeness (QED) is 0.375. The van der Waals surface area contributed by atoms with Crippen molar-refractivity contribution in [3.8, 4) is 0 Å². The average molecular weight is 449 g/mol. The van der Waals surface area contributed by atoms with E-state index in [1.807, 2.05) is 4.90 Å². The van der Waals surface area contributed by atoms with Crippen LogP contribution in [0, 0.1) is 10.1 Å². The normalized spacial score (nSPS) is 13.4. The molecule has 1 aromatic heterocycles. The van der Waals surface area contributed by atoms with E-state index in [0.717, 1.165) is 18.2 Å². The third-order valence-electron chi connectivity index (χ3n) is 4.20. The van der Waals surface area contributed by atoms with Gasteiger partial charge in [-0.05, 0) is 13.0 Å². The van der Waals surface area contributed by atoms with Crippen LogP contribution in [0.1, 0.15) is 38.1 Å². The number of hydrazine groups is 1. The zero-order valence-electron chi connectivity index (χ0n) is 16.5. The lowest BCUT2D eigenvalue weighted by molar-refractivity contribution is -0.384. The Labute approximate surface area is 180 Å². The molecule has 1 aromatic carbocycles. The Balaban J connectivity index is 1.67. The summed E-state index contributed by atoms with van der Waals surface area (Å²) in [5.74, 6) is -2.30. The van der Waals surface area contributed by atoms with Gasteiger partial charge in [0, 0.05) is 36.2 Å². The number of benzene rings is 1. The molecule has 0 bridgehead atoms. The number of carbonyl (C=O) groups is 3. The lowest BCUT2D eigenvalue weighted by Crippen LogP contribution is -2.42. The predicted molar refractivity (Wildman–Crippen MR) is 109 cm³/mol. The summed E-state index contributed by atoms with van der Waals surface area (Å²) in [5, 5.41) is 13.3. The molecule has 2 aromatic rings. The lowest BCUT2D eigenvalue weighted by atomic mass is 10.1. The Hall–Kier alpha value is -3.58. The van der Waals surface area contributed by atoms with E-state index in [1.165, 1.54) is 11.3 Å². The molecule has 13 heteroatoms. The van der Waals surface area contributed by atoms with Crippen LogP contribution in [0.2, 0.25) is 0 Å². The van der Waals surface area contributed by atoms with Crippen molar-refractivity contribution in [1.29, 1.82) is 0 Å². The molecule has 0 saturated carbocycles. The van der Waals surface area contributed by atoms with Crippen LogP contribution in [-0.2, 0) is 9.47 Å². The van der Waals surface area contributed by atoms with Crippen LogP contribution >= 0.6 is 11.3 Å². The molecule has 0 aliphatic carbocycles. The van der Waals surface area contributed by atoms with E-state index >= 15 is 0 Å². The molecule has 3 rings (SSSR count). The molecule has 1 aliphatic heterocycles. The van der Waals surface area contributed by atoms with Crippen molar-refractivity contribution in [3.63, 3.8) is 0 Å². The number of anilines is 1. The number of nitro benzene ring substituents is 1. The number of thiazole rings is 1. The van der Waals surface area contributed by atoms with Crippen molar-refractivity contribution >= 4 is 39.9 Å². The molecule has 31 heavy (non-hydrogen) atoms. The first-order valence-corrected chi connectivity index (χ1v) is 10.1. The van der Waals surface area contributed by atoms with Crippen molar-refractivity contribution in [2.45, 2.75) is 6.92 Å². The van der Waals surface area contributed by atoms with Gasteiger partial charge in [-0.3, -0.25) is 30.6 Å². The summed E-state index contributed by atoms with van der Waals surface area (Å²) in [6.07, 6.45) is 0. The number of ether oxygens (including phenoxy) is 2. The maximum atomic E-state index is 12.4. The number of hydrogen-bond donors (Lipinski definition) is 2. The van der Waals surface area contributed by atoms with Gasteiger partial charge in [0.05, 0.1) is 30.3 Å². The molecule has 1 fully saturated rings. The number of aromatic nitrogens is 1. The first-order chi connectivity index (χ1) is 14.9. The number of nitrogens with zero attached hydrogens (tertiary/aromatic N) is 3. The van der Waals surface area contributed by atoms with Gasteiger partial charge in [-0.2, -0.15) is 0 Å². The molecule has 0 unspecified atom stereocenters. The van der Waals surface area contributed by atoms with E-state index in [4.69, 9.17) is 9.47 Å². The maximum absolute atomic E-state index is 12.4. The average Bonchev–Trinajstić information content (AvgIpc) is 3.28.